The van der Waals surface area contributed by atoms with E-state index in [1.54, 1.807) is 0 Å². The van der Waals surface area contributed by atoms with Crippen LogP contribution in [0.5, 0.6) is 0 Å². The SMILES string of the molecule is C=CC(=O)Nc1cccc(C(C)C)c1.CC.[B]. The van der Waals surface area contributed by atoms with E-state index in [1.165, 1.54) is 11.6 Å². The maximum Gasteiger partial charge on any atom is 0.247 e. The molecule has 0 saturated heterocycles. The van der Waals surface area contributed by atoms with Gasteiger partial charge in [0.25, 0.3) is 0 Å². The number of anilines is 1. The molecule has 1 aromatic rings. The molecule has 0 saturated carbocycles. The highest BCUT2D eigenvalue weighted by atomic mass is 16.1. The zero-order valence-electron chi connectivity index (χ0n) is 11.2. The molecule has 3 radical (unpaired) electrons. The highest BCUT2D eigenvalue weighted by molar-refractivity contribution is 5.98. The number of benzene rings is 1. The van der Waals surface area contributed by atoms with E-state index in [2.05, 4.69) is 25.7 Å². The highest BCUT2D eigenvalue weighted by Crippen LogP contribution is 2.18. The Balaban J connectivity index is 0. The Morgan fingerprint density at radius 2 is 1.94 bits per heavy atom. The summed E-state index contributed by atoms with van der Waals surface area (Å²) in [7, 11) is 0. The first-order valence-corrected chi connectivity index (χ1v) is 5.67. The van der Waals surface area contributed by atoms with Gasteiger partial charge in [-0.1, -0.05) is 46.4 Å². The maximum absolute atomic E-state index is 11.0. The van der Waals surface area contributed by atoms with Crippen molar-refractivity contribution < 1.29 is 4.79 Å². The molecule has 0 atom stereocenters. The quantitative estimate of drug-likeness (QED) is 0.624. The van der Waals surface area contributed by atoms with Crippen molar-refractivity contribution in [1.29, 1.82) is 0 Å². The molecule has 0 aliphatic heterocycles. The Bertz CT molecular complexity index is 348. The van der Waals surface area contributed by atoms with Crippen molar-refractivity contribution in [3.8, 4) is 0 Å². The molecule has 0 aliphatic carbocycles. The van der Waals surface area contributed by atoms with Gasteiger partial charge < -0.3 is 5.32 Å². The summed E-state index contributed by atoms with van der Waals surface area (Å²) in [5, 5.41) is 2.73. The van der Waals surface area contributed by atoms with Gasteiger partial charge in [0, 0.05) is 14.1 Å². The molecule has 1 N–H and O–H groups in total. The largest absolute Gasteiger partial charge is 0.323 e. The summed E-state index contributed by atoms with van der Waals surface area (Å²) >= 11 is 0. The van der Waals surface area contributed by atoms with Gasteiger partial charge in [0.15, 0.2) is 0 Å². The Kier molecular flexibility index (Phi) is 10.2. The highest BCUT2D eigenvalue weighted by Gasteiger charge is 2.01. The lowest BCUT2D eigenvalue weighted by Gasteiger charge is -2.08. The number of hydrogen-bond donors (Lipinski definition) is 1. The van der Waals surface area contributed by atoms with E-state index < -0.39 is 0 Å². The minimum absolute atomic E-state index is 0. The second-order valence-corrected chi connectivity index (χ2v) is 3.47. The topological polar surface area (TPSA) is 29.1 Å². The fourth-order valence-corrected chi connectivity index (χ4v) is 1.17. The zero-order chi connectivity index (χ0) is 12.6. The zero-order valence-corrected chi connectivity index (χ0v) is 11.2. The third kappa shape index (κ3) is 6.62. The first kappa shape index (κ1) is 17.9. The Morgan fingerprint density at radius 3 is 2.41 bits per heavy atom. The predicted molar refractivity (Wildman–Crippen MR) is 76.5 cm³/mol. The van der Waals surface area contributed by atoms with Crippen LogP contribution in [0.1, 0.15) is 39.2 Å². The maximum atomic E-state index is 11.0. The molecule has 17 heavy (non-hydrogen) atoms. The molecular formula is C14H21BNO. The van der Waals surface area contributed by atoms with Gasteiger partial charge in [-0.2, -0.15) is 0 Å². The van der Waals surface area contributed by atoms with E-state index in [0.717, 1.165) is 5.69 Å². The summed E-state index contributed by atoms with van der Waals surface area (Å²) in [6, 6.07) is 7.83. The molecule has 0 aromatic heterocycles. The minimum atomic E-state index is -0.175. The molecule has 1 aromatic carbocycles. The smallest absolute Gasteiger partial charge is 0.247 e. The van der Waals surface area contributed by atoms with Crippen LogP contribution in [0.4, 0.5) is 5.69 Å². The number of rotatable bonds is 3. The molecule has 3 heteroatoms. The van der Waals surface area contributed by atoms with Crippen LogP contribution in [0.3, 0.4) is 0 Å². The van der Waals surface area contributed by atoms with Gasteiger partial charge in [-0.25, -0.2) is 0 Å². The van der Waals surface area contributed by atoms with Crippen LogP contribution in [-0.4, -0.2) is 14.3 Å². The van der Waals surface area contributed by atoms with Crippen LogP contribution in [0.2, 0.25) is 0 Å². The molecule has 1 rings (SSSR count). The molecule has 0 fully saturated rings. The summed E-state index contributed by atoms with van der Waals surface area (Å²) < 4.78 is 0. The third-order valence-corrected chi connectivity index (χ3v) is 2.01. The summed E-state index contributed by atoms with van der Waals surface area (Å²) in [5.41, 5.74) is 2.04. The van der Waals surface area contributed by atoms with E-state index in [1.807, 2.05) is 38.1 Å². The van der Waals surface area contributed by atoms with Crippen molar-refractivity contribution in [2.45, 2.75) is 33.6 Å². The minimum Gasteiger partial charge on any atom is -0.323 e. The van der Waals surface area contributed by atoms with E-state index in [4.69, 9.17) is 0 Å². The van der Waals surface area contributed by atoms with Gasteiger partial charge in [-0.15, -0.1) is 0 Å². The standard InChI is InChI=1S/C12H15NO.C2H6.B/c1-4-12(14)13-11-7-5-6-10(8-11)9(2)3;1-2;/h4-9H,1H2,2-3H3,(H,13,14);1-2H3;. The van der Waals surface area contributed by atoms with Crippen LogP contribution in [0, 0.1) is 0 Å². The van der Waals surface area contributed by atoms with E-state index in [-0.39, 0.29) is 14.3 Å². The van der Waals surface area contributed by atoms with Crippen LogP contribution >= 0.6 is 0 Å². The number of carbonyl (C=O) groups excluding carboxylic acids is 1. The lowest BCUT2D eigenvalue weighted by molar-refractivity contribution is -0.111. The molecule has 0 bridgehead atoms. The molecule has 1 amide bonds. The van der Waals surface area contributed by atoms with Gasteiger partial charge in [0.05, 0.1) is 0 Å². The lowest BCUT2D eigenvalue weighted by Crippen LogP contribution is -2.07. The van der Waals surface area contributed by atoms with Crippen molar-refractivity contribution in [1.82, 2.24) is 0 Å². The van der Waals surface area contributed by atoms with Crippen LogP contribution < -0.4 is 5.32 Å². The first-order valence-electron chi connectivity index (χ1n) is 5.67. The van der Waals surface area contributed by atoms with Crippen molar-refractivity contribution >= 4 is 20.0 Å². The fourth-order valence-electron chi connectivity index (χ4n) is 1.17. The normalized spacial score (nSPS) is 8.53. The summed E-state index contributed by atoms with van der Waals surface area (Å²) in [4.78, 5) is 11.0. The molecule has 0 spiro atoms. The molecule has 0 aliphatic rings. The van der Waals surface area contributed by atoms with Crippen molar-refractivity contribution in [3.05, 3.63) is 42.5 Å². The Labute approximate surface area is 107 Å². The molecular weight excluding hydrogens is 209 g/mol. The van der Waals surface area contributed by atoms with Crippen molar-refractivity contribution in [3.63, 3.8) is 0 Å². The molecule has 0 unspecified atom stereocenters. The molecule has 91 valence electrons. The second-order valence-electron chi connectivity index (χ2n) is 3.47. The number of hydrogen-bond acceptors (Lipinski definition) is 1. The van der Waals surface area contributed by atoms with Crippen LogP contribution in [-0.2, 0) is 4.79 Å². The monoisotopic (exact) mass is 230 g/mol. The summed E-state index contributed by atoms with van der Waals surface area (Å²) in [6.45, 7) is 11.6. The average Bonchev–Trinajstić information content (AvgIpc) is 2.32. The van der Waals surface area contributed by atoms with Crippen molar-refractivity contribution in [2.75, 3.05) is 5.32 Å². The van der Waals surface area contributed by atoms with Gasteiger partial charge in [-0.3, -0.25) is 4.79 Å². The predicted octanol–water partition coefficient (Wildman–Crippen LogP) is 3.58. The average molecular weight is 230 g/mol. The molecule has 0 heterocycles. The van der Waals surface area contributed by atoms with E-state index in [9.17, 15) is 4.79 Å². The fraction of sp³-hybridized carbons (Fsp3) is 0.357. The van der Waals surface area contributed by atoms with Crippen LogP contribution in [0.15, 0.2) is 36.9 Å². The number of amides is 1. The molecule has 2 nitrogen and oxygen atoms in total. The van der Waals surface area contributed by atoms with E-state index in [0.29, 0.717) is 5.92 Å². The van der Waals surface area contributed by atoms with Crippen molar-refractivity contribution in [2.24, 2.45) is 0 Å². The van der Waals surface area contributed by atoms with Gasteiger partial charge in [-0.05, 0) is 29.7 Å². The third-order valence-electron chi connectivity index (χ3n) is 2.01. The summed E-state index contributed by atoms with van der Waals surface area (Å²) in [6.07, 6.45) is 1.27. The lowest BCUT2D eigenvalue weighted by atomic mass is 10.0. The van der Waals surface area contributed by atoms with Gasteiger partial charge in [0.2, 0.25) is 5.91 Å². The summed E-state index contributed by atoms with van der Waals surface area (Å²) in [5.74, 6) is 0.293. The first-order chi connectivity index (χ1) is 7.63. The number of nitrogens with one attached hydrogen (secondary N) is 1. The van der Waals surface area contributed by atoms with Gasteiger partial charge in [0.1, 0.15) is 0 Å². The second kappa shape index (κ2) is 9.70. The number of carbonyl (C=O) groups is 1. The van der Waals surface area contributed by atoms with E-state index >= 15 is 0 Å². The Hall–Kier alpha value is -1.51. The van der Waals surface area contributed by atoms with Crippen LogP contribution in [0.25, 0.3) is 0 Å². The Morgan fingerprint density at radius 1 is 1.35 bits per heavy atom. The van der Waals surface area contributed by atoms with Gasteiger partial charge >= 0.3 is 0 Å².